The standard InChI is InChI=1S/C17H19N3O2/c1-19-9-15-7-14(19)10-20(15)13-6-12-4-11(5-17(21)22)2-3-16(12)18-8-13/h2-4,6,8,14-15H,5,7,9-10H2,1H3,(H,21,22). The molecule has 114 valence electrons. The SMILES string of the molecule is CN1CC2CC1CN2c1cnc2ccc(CC(=O)O)cc2c1. The Balaban J connectivity index is 1.66. The highest BCUT2D eigenvalue weighted by Crippen LogP contribution is 2.34. The first-order chi connectivity index (χ1) is 10.6. The van der Waals surface area contributed by atoms with Crippen LogP contribution in [-0.4, -0.2) is 53.2 Å². The number of carbonyl (C=O) groups is 1. The molecule has 1 aromatic carbocycles. The molecule has 0 radical (unpaired) electrons. The predicted molar refractivity (Wildman–Crippen MR) is 85.3 cm³/mol. The Morgan fingerprint density at radius 2 is 2.18 bits per heavy atom. The second-order valence-corrected chi connectivity index (χ2v) is 6.43. The monoisotopic (exact) mass is 297 g/mol. The number of likely N-dealkylation sites (N-methyl/N-ethyl adjacent to an activating group) is 1. The molecule has 3 heterocycles. The number of anilines is 1. The summed E-state index contributed by atoms with van der Waals surface area (Å²) in [7, 11) is 2.19. The van der Waals surface area contributed by atoms with Crippen LogP contribution in [0.5, 0.6) is 0 Å². The number of benzene rings is 1. The van der Waals surface area contributed by atoms with Crippen molar-refractivity contribution in [3.63, 3.8) is 0 Å². The highest BCUT2D eigenvalue weighted by Gasteiger charge is 2.41. The van der Waals surface area contributed by atoms with Crippen LogP contribution in [0.2, 0.25) is 0 Å². The molecule has 2 aliphatic rings. The zero-order chi connectivity index (χ0) is 15.3. The fourth-order valence-corrected chi connectivity index (χ4v) is 3.79. The quantitative estimate of drug-likeness (QED) is 0.935. The number of rotatable bonds is 3. The largest absolute Gasteiger partial charge is 0.481 e. The lowest BCUT2D eigenvalue weighted by atomic mass is 10.1. The van der Waals surface area contributed by atoms with Gasteiger partial charge in [0.1, 0.15) is 0 Å². The van der Waals surface area contributed by atoms with Crippen LogP contribution >= 0.6 is 0 Å². The van der Waals surface area contributed by atoms with E-state index in [0.29, 0.717) is 12.1 Å². The minimum Gasteiger partial charge on any atom is -0.481 e. The van der Waals surface area contributed by atoms with Crippen molar-refractivity contribution in [3.05, 3.63) is 36.0 Å². The minimum atomic E-state index is -0.802. The molecule has 0 aliphatic carbocycles. The maximum absolute atomic E-state index is 10.9. The first-order valence-corrected chi connectivity index (χ1v) is 7.67. The van der Waals surface area contributed by atoms with Crippen LogP contribution in [0, 0.1) is 0 Å². The van der Waals surface area contributed by atoms with Crippen molar-refractivity contribution < 1.29 is 9.90 Å². The van der Waals surface area contributed by atoms with Gasteiger partial charge in [0.25, 0.3) is 0 Å². The van der Waals surface area contributed by atoms with E-state index >= 15 is 0 Å². The molecule has 5 heteroatoms. The van der Waals surface area contributed by atoms with E-state index in [1.807, 2.05) is 24.4 Å². The van der Waals surface area contributed by atoms with Crippen molar-refractivity contribution in [2.24, 2.45) is 0 Å². The molecule has 2 atom stereocenters. The van der Waals surface area contributed by atoms with E-state index in [9.17, 15) is 4.79 Å². The lowest BCUT2D eigenvalue weighted by Gasteiger charge is -2.33. The van der Waals surface area contributed by atoms with Crippen LogP contribution in [0.4, 0.5) is 5.69 Å². The van der Waals surface area contributed by atoms with Crippen molar-refractivity contribution in [3.8, 4) is 0 Å². The molecule has 0 amide bonds. The summed E-state index contributed by atoms with van der Waals surface area (Å²) in [5, 5.41) is 9.95. The summed E-state index contributed by atoms with van der Waals surface area (Å²) in [6.45, 7) is 2.17. The zero-order valence-electron chi connectivity index (χ0n) is 12.6. The fourth-order valence-electron chi connectivity index (χ4n) is 3.79. The van der Waals surface area contributed by atoms with Gasteiger partial charge in [-0.05, 0) is 37.2 Å². The lowest BCUT2D eigenvalue weighted by Crippen LogP contribution is -2.44. The highest BCUT2D eigenvalue weighted by atomic mass is 16.4. The number of hydrogen-bond acceptors (Lipinski definition) is 4. The minimum absolute atomic E-state index is 0.0549. The third-order valence-corrected chi connectivity index (χ3v) is 4.93. The number of hydrogen-bond donors (Lipinski definition) is 1. The number of piperazine rings is 1. The van der Waals surface area contributed by atoms with Gasteiger partial charge in [0.05, 0.1) is 23.8 Å². The van der Waals surface area contributed by atoms with Crippen LogP contribution < -0.4 is 4.90 Å². The molecule has 2 bridgehead atoms. The van der Waals surface area contributed by atoms with Gasteiger partial charge in [-0.2, -0.15) is 0 Å². The van der Waals surface area contributed by atoms with Gasteiger partial charge < -0.3 is 10.0 Å². The van der Waals surface area contributed by atoms with Gasteiger partial charge in [0, 0.05) is 30.6 Å². The van der Waals surface area contributed by atoms with E-state index in [0.717, 1.165) is 35.2 Å². The molecule has 0 saturated carbocycles. The summed E-state index contributed by atoms with van der Waals surface area (Å²) in [4.78, 5) is 20.3. The van der Waals surface area contributed by atoms with E-state index in [4.69, 9.17) is 5.11 Å². The van der Waals surface area contributed by atoms with Crippen LogP contribution in [-0.2, 0) is 11.2 Å². The van der Waals surface area contributed by atoms with Crippen molar-refractivity contribution in [1.82, 2.24) is 9.88 Å². The summed E-state index contributed by atoms with van der Waals surface area (Å²) in [5.74, 6) is -0.802. The lowest BCUT2D eigenvalue weighted by molar-refractivity contribution is -0.136. The van der Waals surface area contributed by atoms with E-state index in [2.05, 4.69) is 27.9 Å². The van der Waals surface area contributed by atoms with Crippen molar-refractivity contribution in [2.75, 3.05) is 25.0 Å². The number of carboxylic acids is 1. The van der Waals surface area contributed by atoms with Crippen molar-refractivity contribution in [2.45, 2.75) is 24.9 Å². The van der Waals surface area contributed by atoms with Gasteiger partial charge in [-0.1, -0.05) is 6.07 Å². The Labute approximate surface area is 129 Å². The van der Waals surface area contributed by atoms with E-state index in [1.165, 1.54) is 6.42 Å². The molecule has 22 heavy (non-hydrogen) atoms. The number of likely N-dealkylation sites (tertiary alicyclic amines) is 1. The molecule has 2 unspecified atom stereocenters. The van der Waals surface area contributed by atoms with Crippen LogP contribution in [0.3, 0.4) is 0 Å². The highest BCUT2D eigenvalue weighted by molar-refractivity contribution is 5.84. The summed E-state index contributed by atoms with van der Waals surface area (Å²) in [6, 6.07) is 9.07. The first kappa shape index (κ1) is 13.5. The average molecular weight is 297 g/mol. The Kier molecular flexibility index (Phi) is 3.04. The van der Waals surface area contributed by atoms with Gasteiger partial charge in [-0.15, -0.1) is 0 Å². The molecule has 1 N–H and O–H groups in total. The smallest absolute Gasteiger partial charge is 0.307 e. The second-order valence-electron chi connectivity index (χ2n) is 6.43. The topological polar surface area (TPSA) is 56.7 Å². The molecular weight excluding hydrogens is 278 g/mol. The summed E-state index contributed by atoms with van der Waals surface area (Å²) >= 11 is 0. The van der Waals surface area contributed by atoms with Crippen LogP contribution in [0.1, 0.15) is 12.0 Å². The summed E-state index contributed by atoms with van der Waals surface area (Å²) < 4.78 is 0. The van der Waals surface area contributed by atoms with Gasteiger partial charge >= 0.3 is 5.97 Å². The summed E-state index contributed by atoms with van der Waals surface area (Å²) in [5.41, 5.74) is 2.89. The number of fused-ring (bicyclic) bond motifs is 3. The Bertz CT molecular complexity index is 744. The molecule has 1 aromatic heterocycles. The summed E-state index contributed by atoms with van der Waals surface area (Å²) in [6.07, 6.45) is 3.23. The van der Waals surface area contributed by atoms with Crippen molar-refractivity contribution >= 4 is 22.6 Å². The van der Waals surface area contributed by atoms with E-state index < -0.39 is 5.97 Å². The van der Waals surface area contributed by atoms with E-state index in [1.54, 1.807) is 0 Å². The maximum Gasteiger partial charge on any atom is 0.307 e. The fraction of sp³-hybridized carbons (Fsp3) is 0.412. The van der Waals surface area contributed by atoms with E-state index in [-0.39, 0.29) is 6.42 Å². The van der Waals surface area contributed by atoms with Gasteiger partial charge in [0.2, 0.25) is 0 Å². The first-order valence-electron chi connectivity index (χ1n) is 7.67. The van der Waals surface area contributed by atoms with Gasteiger partial charge in [-0.3, -0.25) is 14.7 Å². The van der Waals surface area contributed by atoms with Crippen LogP contribution in [0.25, 0.3) is 10.9 Å². The molecular formula is C17H19N3O2. The van der Waals surface area contributed by atoms with Crippen molar-refractivity contribution in [1.29, 1.82) is 0 Å². The number of aromatic nitrogens is 1. The number of carboxylic acid groups (broad SMARTS) is 1. The Morgan fingerprint density at radius 3 is 2.86 bits per heavy atom. The number of nitrogens with zero attached hydrogens (tertiary/aromatic N) is 3. The zero-order valence-corrected chi connectivity index (χ0v) is 12.6. The van der Waals surface area contributed by atoms with Gasteiger partial charge in [0.15, 0.2) is 0 Å². The molecule has 0 spiro atoms. The third kappa shape index (κ3) is 2.22. The predicted octanol–water partition coefficient (Wildman–Crippen LogP) is 1.75. The van der Waals surface area contributed by atoms with Crippen LogP contribution in [0.15, 0.2) is 30.5 Å². The Hall–Kier alpha value is -2.14. The normalized spacial score (nSPS) is 24.3. The molecule has 2 saturated heterocycles. The molecule has 5 nitrogen and oxygen atoms in total. The number of pyridine rings is 1. The molecule has 4 rings (SSSR count). The third-order valence-electron chi connectivity index (χ3n) is 4.93. The second kappa shape index (κ2) is 4.95. The molecule has 2 aliphatic heterocycles. The maximum atomic E-state index is 10.9. The average Bonchev–Trinajstić information content (AvgIpc) is 3.05. The molecule has 2 aromatic rings. The molecule has 2 fully saturated rings. The number of aliphatic carboxylic acids is 1. The Morgan fingerprint density at radius 1 is 1.32 bits per heavy atom. The van der Waals surface area contributed by atoms with Gasteiger partial charge in [-0.25, -0.2) is 0 Å².